The smallest absolute Gasteiger partial charge is 0.128 e. The molecule has 0 radical (unpaired) electrons. The average Bonchev–Trinajstić information content (AvgIpc) is 2.67. The fourth-order valence-corrected chi connectivity index (χ4v) is 2.82. The number of phenols is 2. The Labute approximate surface area is 152 Å². The maximum absolute atomic E-state index is 10.6. The van der Waals surface area contributed by atoms with Crippen molar-refractivity contribution in [1.82, 2.24) is 0 Å². The summed E-state index contributed by atoms with van der Waals surface area (Å²) in [6, 6.07) is 22.8. The molecule has 3 aromatic rings. The molecule has 3 aromatic carbocycles. The molecule has 0 aliphatic heterocycles. The predicted molar refractivity (Wildman–Crippen MR) is 103 cm³/mol. The number of benzene rings is 3. The lowest BCUT2D eigenvalue weighted by atomic mass is 9.99. The molecule has 4 nitrogen and oxygen atoms in total. The molecule has 0 unspecified atom stereocenters. The molecule has 4 heteroatoms. The van der Waals surface area contributed by atoms with E-state index in [1.807, 2.05) is 67.6 Å². The van der Waals surface area contributed by atoms with Crippen molar-refractivity contribution < 1.29 is 15.3 Å². The summed E-state index contributed by atoms with van der Waals surface area (Å²) in [7, 11) is 0. The van der Waals surface area contributed by atoms with E-state index in [4.69, 9.17) is 4.99 Å². The molecule has 2 atom stereocenters. The quantitative estimate of drug-likeness (QED) is 0.610. The Hall–Kier alpha value is -3.11. The summed E-state index contributed by atoms with van der Waals surface area (Å²) >= 11 is 0. The van der Waals surface area contributed by atoms with Gasteiger partial charge in [-0.1, -0.05) is 60.7 Å². The third-order valence-corrected chi connectivity index (χ3v) is 4.21. The number of aliphatic hydroxyl groups excluding tert-OH is 1. The highest BCUT2D eigenvalue weighted by molar-refractivity contribution is 6.14. The van der Waals surface area contributed by atoms with Crippen LogP contribution in [0, 0.1) is 0 Å². The van der Waals surface area contributed by atoms with Crippen LogP contribution in [0.2, 0.25) is 0 Å². The molecular weight excluding hydrogens is 326 g/mol. The van der Waals surface area contributed by atoms with Crippen LogP contribution in [0.1, 0.15) is 29.7 Å². The summed E-state index contributed by atoms with van der Waals surface area (Å²) in [4.78, 5) is 4.71. The van der Waals surface area contributed by atoms with Crippen molar-refractivity contribution in [3.05, 3.63) is 95.6 Å². The minimum absolute atomic E-state index is 0.0176. The number of nitrogens with zero attached hydrogens (tertiary/aromatic N) is 1. The number of aromatic hydroxyl groups is 2. The molecule has 0 heterocycles. The summed E-state index contributed by atoms with van der Waals surface area (Å²) in [6.07, 6.45) is -0.769. The van der Waals surface area contributed by atoms with Gasteiger partial charge in [0.1, 0.15) is 17.6 Å². The molecule has 26 heavy (non-hydrogen) atoms. The minimum atomic E-state index is -0.769. The van der Waals surface area contributed by atoms with Crippen LogP contribution < -0.4 is 0 Å². The highest BCUT2D eigenvalue weighted by Gasteiger charge is 2.19. The number of hydrogen-bond acceptors (Lipinski definition) is 4. The maximum Gasteiger partial charge on any atom is 0.128 e. The zero-order valence-electron chi connectivity index (χ0n) is 14.4. The van der Waals surface area contributed by atoms with E-state index in [0.717, 1.165) is 11.1 Å². The first-order valence-electron chi connectivity index (χ1n) is 8.45. The van der Waals surface area contributed by atoms with Crippen molar-refractivity contribution in [3.63, 3.8) is 0 Å². The van der Waals surface area contributed by atoms with Crippen LogP contribution in [0.15, 0.2) is 83.9 Å². The molecule has 0 saturated heterocycles. The SMILES string of the molecule is C[C@@H](N=C(c1ccccc1)c1ccc(O)cc1O)[C@@H](O)c1ccccc1. The lowest BCUT2D eigenvalue weighted by Crippen LogP contribution is -2.16. The van der Waals surface area contributed by atoms with Gasteiger partial charge in [-0.3, -0.25) is 4.99 Å². The molecule has 0 amide bonds. The van der Waals surface area contributed by atoms with E-state index >= 15 is 0 Å². The highest BCUT2D eigenvalue weighted by atomic mass is 16.3. The second-order valence-corrected chi connectivity index (χ2v) is 6.14. The van der Waals surface area contributed by atoms with Gasteiger partial charge in [0.25, 0.3) is 0 Å². The molecule has 0 fully saturated rings. The molecule has 3 rings (SSSR count). The second-order valence-electron chi connectivity index (χ2n) is 6.14. The molecule has 0 bridgehead atoms. The van der Waals surface area contributed by atoms with E-state index in [1.165, 1.54) is 12.1 Å². The molecule has 0 aliphatic carbocycles. The van der Waals surface area contributed by atoms with E-state index in [9.17, 15) is 15.3 Å². The first-order valence-corrected chi connectivity index (χ1v) is 8.45. The third-order valence-electron chi connectivity index (χ3n) is 4.21. The van der Waals surface area contributed by atoms with E-state index in [0.29, 0.717) is 11.3 Å². The molecular formula is C22H21NO3. The van der Waals surface area contributed by atoms with Gasteiger partial charge in [0.05, 0.1) is 11.8 Å². The average molecular weight is 347 g/mol. The number of rotatable bonds is 5. The van der Waals surface area contributed by atoms with Crippen LogP contribution in [0.25, 0.3) is 0 Å². The highest BCUT2D eigenvalue weighted by Crippen LogP contribution is 2.27. The Morgan fingerprint density at radius 3 is 2.08 bits per heavy atom. The van der Waals surface area contributed by atoms with Crippen molar-refractivity contribution in [2.24, 2.45) is 4.99 Å². The standard InChI is InChI=1S/C22H21NO3/c1-15(22(26)17-10-6-3-7-11-17)23-21(16-8-4-2-5-9-16)19-13-12-18(24)14-20(19)25/h2-15,22,24-26H,1H3/t15-,22-/m1/s1. The van der Waals surface area contributed by atoms with Crippen LogP contribution in [-0.4, -0.2) is 27.1 Å². The fraction of sp³-hybridized carbons (Fsp3) is 0.136. The van der Waals surface area contributed by atoms with Crippen molar-refractivity contribution in [3.8, 4) is 11.5 Å². The van der Waals surface area contributed by atoms with Gasteiger partial charge in [0.15, 0.2) is 0 Å². The summed E-state index contributed by atoms with van der Waals surface area (Å²) in [5.74, 6) is -0.0787. The number of aliphatic hydroxyl groups is 1. The Morgan fingerprint density at radius 1 is 0.846 bits per heavy atom. The zero-order chi connectivity index (χ0) is 18.5. The fourth-order valence-electron chi connectivity index (χ4n) is 2.82. The molecule has 0 aliphatic rings. The van der Waals surface area contributed by atoms with Gasteiger partial charge in [-0.2, -0.15) is 0 Å². The summed E-state index contributed by atoms with van der Waals surface area (Å²) in [5, 5.41) is 30.5. The number of phenolic OH excluding ortho intramolecular Hbond substituents is 2. The van der Waals surface area contributed by atoms with E-state index in [-0.39, 0.29) is 11.5 Å². The van der Waals surface area contributed by atoms with Crippen molar-refractivity contribution in [1.29, 1.82) is 0 Å². The molecule has 0 aromatic heterocycles. The second kappa shape index (κ2) is 7.85. The van der Waals surface area contributed by atoms with Crippen LogP contribution >= 0.6 is 0 Å². The van der Waals surface area contributed by atoms with Crippen LogP contribution in [0.3, 0.4) is 0 Å². The largest absolute Gasteiger partial charge is 0.508 e. The van der Waals surface area contributed by atoms with Gasteiger partial charge in [0.2, 0.25) is 0 Å². The minimum Gasteiger partial charge on any atom is -0.508 e. The normalized spacial score (nSPS) is 14.0. The molecule has 3 N–H and O–H groups in total. The molecule has 132 valence electrons. The van der Waals surface area contributed by atoms with Gasteiger partial charge in [-0.25, -0.2) is 0 Å². The first kappa shape index (κ1) is 17.7. The van der Waals surface area contributed by atoms with E-state index in [2.05, 4.69) is 0 Å². The Bertz CT molecular complexity index is 892. The molecule has 0 saturated carbocycles. The van der Waals surface area contributed by atoms with Gasteiger partial charge < -0.3 is 15.3 Å². The van der Waals surface area contributed by atoms with Crippen molar-refractivity contribution in [2.45, 2.75) is 19.1 Å². The molecule has 0 spiro atoms. The van der Waals surface area contributed by atoms with Crippen LogP contribution in [0.4, 0.5) is 0 Å². The Morgan fingerprint density at radius 2 is 1.46 bits per heavy atom. The van der Waals surface area contributed by atoms with Gasteiger partial charge in [-0.05, 0) is 24.6 Å². The topological polar surface area (TPSA) is 73.1 Å². The van der Waals surface area contributed by atoms with Gasteiger partial charge in [-0.15, -0.1) is 0 Å². The van der Waals surface area contributed by atoms with Gasteiger partial charge >= 0.3 is 0 Å². The van der Waals surface area contributed by atoms with Crippen molar-refractivity contribution in [2.75, 3.05) is 0 Å². The lowest BCUT2D eigenvalue weighted by molar-refractivity contribution is 0.154. The summed E-state index contributed by atoms with van der Waals surface area (Å²) in [5.41, 5.74) is 2.67. The van der Waals surface area contributed by atoms with E-state index < -0.39 is 12.1 Å². The monoisotopic (exact) mass is 347 g/mol. The zero-order valence-corrected chi connectivity index (χ0v) is 14.4. The van der Waals surface area contributed by atoms with Gasteiger partial charge in [0, 0.05) is 17.2 Å². The van der Waals surface area contributed by atoms with Crippen LogP contribution in [0.5, 0.6) is 11.5 Å². The number of aliphatic imine (C=N–C) groups is 1. The lowest BCUT2D eigenvalue weighted by Gasteiger charge is -2.18. The Kier molecular flexibility index (Phi) is 5.34. The number of hydrogen-bond donors (Lipinski definition) is 3. The summed E-state index contributed by atoms with van der Waals surface area (Å²) < 4.78 is 0. The first-order chi connectivity index (χ1) is 12.6. The van der Waals surface area contributed by atoms with Crippen molar-refractivity contribution >= 4 is 5.71 Å². The van der Waals surface area contributed by atoms with Crippen LogP contribution in [-0.2, 0) is 0 Å². The van der Waals surface area contributed by atoms with E-state index in [1.54, 1.807) is 6.07 Å². The predicted octanol–water partition coefficient (Wildman–Crippen LogP) is 4.06. The summed E-state index contributed by atoms with van der Waals surface area (Å²) in [6.45, 7) is 1.83. The maximum atomic E-state index is 10.6. The third kappa shape index (κ3) is 3.92. The Balaban J connectivity index is 2.04.